The Morgan fingerprint density at radius 2 is 2.06 bits per heavy atom. The van der Waals surface area contributed by atoms with Gasteiger partial charge in [0.25, 0.3) is 0 Å². The zero-order chi connectivity index (χ0) is 14.0. The molecule has 0 saturated carbocycles. The number of nitrogens with one attached hydrogen (secondary N) is 2. The normalized spacial score (nSPS) is 13.7. The SMILES string of the molecule is COCCCC(NC(=O)NC(C)CSC)C(=O)O. The van der Waals surface area contributed by atoms with Gasteiger partial charge < -0.3 is 20.5 Å². The minimum atomic E-state index is -1.03. The van der Waals surface area contributed by atoms with E-state index < -0.39 is 18.0 Å². The number of carbonyl (C=O) groups is 2. The van der Waals surface area contributed by atoms with Gasteiger partial charge in [-0.25, -0.2) is 9.59 Å². The summed E-state index contributed by atoms with van der Waals surface area (Å²) in [7, 11) is 1.56. The number of thioether (sulfide) groups is 1. The van der Waals surface area contributed by atoms with Crippen LogP contribution in [0, 0.1) is 0 Å². The third-order valence-electron chi connectivity index (χ3n) is 2.24. The van der Waals surface area contributed by atoms with Gasteiger partial charge >= 0.3 is 12.0 Å². The minimum Gasteiger partial charge on any atom is -0.480 e. The number of methoxy groups -OCH3 is 1. The molecule has 0 fully saturated rings. The third-order valence-corrected chi connectivity index (χ3v) is 3.07. The fraction of sp³-hybridized carbons (Fsp3) is 0.818. The zero-order valence-corrected chi connectivity index (χ0v) is 11.9. The summed E-state index contributed by atoms with van der Waals surface area (Å²) in [5, 5.41) is 14.1. The average molecular weight is 278 g/mol. The van der Waals surface area contributed by atoms with Crippen molar-refractivity contribution in [1.29, 1.82) is 0 Å². The molecule has 2 amide bonds. The largest absolute Gasteiger partial charge is 0.480 e. The van der Waals surface area contributed by atoms with Crippen LogP contribution in [0.4, 0.5) is 4.79 Å². The van der Waals surface area contributed by atoms with Crippen LogP contribution in [-0.4, -0.2) is 54.9 Å². The number of rotatable bonds is 9. The maximum absolute atomic E-state index is 11.5. The minimum absolute atomic E-state index is 0.00780. The molecule has 0 spiro atoms. The summed E-state index contributed by atoms with van der Waals surface area (Å²) >= 11 is 1.62. The van der Waals surface area contributed by atoms with Gasteiger partial charge in [0.15, 0.2) is 0 Å². The average Bonchev–Trinajstić information content (AvgIpc) is 2.27. The Kier molecular flexibility index (Phi) is 9.49. The third kappa shape index (κ3) is 8.19. The molecular weight excluding hydrogens is 256 g/mol. The molecule has 0 aliphatic carbocycles. The number of aliphatic carboxylic acids is 1. The van der Waals surface area contributed by atoms with E-state index >= 15 is 0 Å². The second-order valence-corrected chi connectivity index (χ2v) is 4.91. The molecule has 6 nitrogen and oxygen atoms in total. The van der Waals surface area contributed by atoms with Crippen molar-refractivity contribution in [2.75, 3.05) is 25.7 Å². The number of hydrogen-bond acceptors (Lipinski definition) is 4. The molecule has 0 aliphatic rings. The number of carbonyl (C=O) groups excluding carboxylic acids is 1. The van der Waals surface area contributed by atoms with Crippen LogP contribution in [-0.2, 0) is 9.53 Å². The van der Waals surface area contributed by atoms with E-state index in [9.17, 15) is 9.59 Å². The van der Waals surface area contributed by atoms with Gasteiger partial charge in [-0.05, 0) is 26.0 Å². The van der Waals surface area contributed by atoms with Crippen LogP contribution in [0.15, 0.2) is 0 Å². The lowest BCUT2D eigenvalue weighted by Crippen LogP contribution is -2.49. The Balaban J connectivity index is 4.07. The highest BCUT2D eigenvalue weighted by Gasteiger charge is 2.19. The molecule has 0 aliphatic heterocycles. The summed E-state index contributed by atoms with van der Waals surface area (Å²) in [6.07, 6.45) is 2.89. The number of hydrogen-bond donors (Lipinski definition) is 3. The fourth-order valence-corrected chi connectivity index (χ4v) is 1.99. The van der Waals surface area contributed by atoms with Gasteiger partial charge in [0.05, 0.1) is 0 Å². The highest BCUT2D eigenvalue weighted by atomic mass is 32.2. The highest BCUT2D eigenvalue weighted by molar-refractivity contribution is 7.98. The zero-order valence-electron chi connectivity index (χ0n) is 11.1. The molecule has 18 heavy (non-hydrogen) atoms. The van der Waals surface area contributed by atoms with Crippen LogP contribution >= 0.6 is 11.8 Å². The van der Waals surface area contributed by atoms with Crippen molar-refractivity contribution < 1.29 is 19.4 Å². The molecule has 2 unspecified atom stereocenters. The molecule has 0 aromatic carbocycles. The molecule has 106 valence electrons. The van der Waals surface area contributed by atoms with Gasteiger partial charge in [0, 0.05) is 25.5 Å². The summed E-state index contributed by atoms with van der Waals surface area (Å²) in [5.41, 5.74) is 0. The van der Waals surface area contributed by atoms with Crippen molar-refractivity contribution in [3.8, 4) is 0 Å². The summed E-state index contributed by atoms with van der Waals surface area (Å²) in [6.45, 7) is 2.35. The maximum atomic E-state index is 11.5. The lowest BCUT2D eigenvalue weighted by Gasteiger charge is -2.17. The summed E-state index contributed by atoms with van der Waals surface area (Å²) < 4.78 is 4.85. The Bertz CT molecular complexity index is 263. The summed E-state index contributed by atoms with van der Waals surface area (Å²) in [5.74, 6) is -0.242. The van der Waals surface area contributed by atoms with E-state index in [2.05, 4.69) is 10.6 Å². The highest BCUT2D eigenvalue weighted by Crippen LogP contribution is 1.99. The fourth-order valence-electron chi connectivity index (χ4n) is 1.40. The van der Waals surface area contributed by atoms with E-state index in [1.54, 1.807) is 18.9 Å². The van der Waals surface area contributed by atoms with Crippen LogP contribution < -0.4 is 10.6 Å². The molecule has 0 aromatic rings. The van der Waals surface area contributed by atoms with E-state index in [0.717, 1.165) is 5.75 Å². The molecule has 0 rings (SSSR count). The molecule has 0 aromatic heterocycles. The first kappa shape index (κ1) is 17.1. The van der Waals surface area contributed by atoms with E-state index in [-0.39, 0.29) is 6.04 Å². The van der Waals surface area contributed by atoms with E-state index in [1.807, 2.05) is 13.2 Å². The van der Waals surface area contributed by atoms with Crippen molar-refractivity contribution in [3.63, 3.8) is 0 Å². The second-order valence-electron chi connectivity index (χ2n) is 4.00. The van der Waals surface area contributed by atoms with Crippen molar-refractivity contribution in [3.05, 3.63) is 0 Å². The van der Waals surface area contributed by atoms with E-state index in [4.69, 9.17) is 9.84 Å². The molecule has 0 radical (unpaired) electrons. The van der Waals surface area contributed by atoms with Gasteiger partial charge in [0.2, 0.25) is 0 Å². The smallest absolute Gasteiger partial charge is 0.326 e. The van der Waals surface area contributed by atoms with Gasteiger partial charge in [-0.1, -0.05) is 0 Å². The van der Waals surface area contributed by atoms with Gasteiger partial charge in [0.1, 0.15) is 6.04 Å². The molecule has 0 heterocycles. The van der Waals surface area contributed by atoms with E-state index in [0.29, 0.717) is 19.4 Å². The summed E-state index contributed by atoms with van der Waals surface area (Å²) in [4.78, 5) is 22.5. The molecule has 3 N–H and O–H groups in total. The van der Waals surface area contributed by atoms with Crippen molar-refractivity contribution in [2.45, 2.75) is 31.8 Å². The maximum Gasteiger partial charge on any atom is 0.326 e. The van der Waals surface area contributed by atoms with Crippen LogP contribution in [0.2, 0.25) is 0 Å². The first-order chi connectivity index (χ1) is 8.51. The second kappa shape index (κ2) is 10.0. The number of carboxylic acid groups (broad SMARTS) is 1. The molecule has 0 bridgehead atoms. The van der Waals surface area contributed by atoms with Crippen LogP contribution in [0.3, 0.4) is 0 Å². The van der Waals surface area contributed by atoms with E-state index in [1.165, 1.54) is 0 Å². The summed E-state index contributed by atoms with van der Waals surface area (Å²) in [6, 6.07) is -1.31. The first-order valence-electron chi connectivity index (χ1n) is 5.79. The molecular formula is C11H22N2O4S. The predicted octanol–water partition coefficient (Wildman–Crippen LogP) is 0.917. The molecule has 0 saturated heterocycles. The van der Waals surface area contributed by atoms with Gasteiger partial charge in [-0.15, -0.1) is 0 Å². The number of carboxylic acids is 1. The quantitative estimate of drug-likeness (QED) is 0.546. The Labute approximate surface area is 112 Å². The Morgan fingerprint density at radius 1 is 1.39 bits per heavy atom. The molecule has 2 atom stereocenters. The van der Waals surface area contributed by atoms with Crippen LogP contribution in [0.25, 0.3) is 0 Å². The Morgan fingerprint density at radius 3 is 2.56 bits per heavy atom. The van der Waals surface area contributed by atoms with Crippen molar-refractivity contribution in [1.82, 2.24) is 10.6 Å². The van der Waals surface area contributed by atoms with Crippen molar-refractivity contribution in [2.24, 2.45) is 0 Å². The monoisotopic (exact) mass is 278 g/mol. The molecule has 7 heteroatoms. The number of ether oxygens (including phenoxy) is 1. The first-order valence-corrected chi connectivity index (χ1v) is 7.18. The number of urea groups is 1. The Hall–Kier alpha value is -0.950. The lowest BCUT2D eigenvalue weighted by atomic mass is 10.1. The van der Waals surface area contributed by atoms with Crippen LogP contribution in [0.1, 0.15) is 19.8 Å². The lowest BCUT2D eigenvalue weighted by molar-refractivity contribution is -0.139. The van der Waals surface area contributed by atoms with Crippen LogP contribution in [0.5, 0.6) is 0 Å². The predicted molar refractivity (Wildman–Crippen MR) is 72.0 cm³/mol. The van der Waals surface area contributed by atoms with Crippen molar-refractivity contribution >= 4 is 23.8 Å². The topological polar surface area (TPSA) is 87.7 Å². The van der Waals surface area contributed by atoms with Gasteiger partial charge in [-0.2, -0.15) is 11.8 Å². The standard InChI is InChI=1S/C11H22N2O4S/c1-8(7-18-3)12-11(16)13-9(10(14)15)5-4-6-17-2/h8-9H,4-7H2,1-3H3,(H,14,15)(H2,12,13,16). The number of amides is 2. The van der Waals surface area contributed by atoms with Gasteiger partial charge in [-0.3, -0.25) is 0 Å².